The first kappa shape index (κ1) is 12.9. The molecule has 0 aliphatic rings. The Morgan fingerprint density at radius 1 is 1.32 bits per heavy atom. The van der Waals surface area contributed by atoms with Gasteiger partial charge in [-0.3, -0.25) is 9.89 Å². The summed E-state index contributed by atoms with van der Waals surface area (Å²) in [6, 6.07) is 5.20. The van der Waals surface area contributed by atoms with Gasteiger partial charge in [0.25, 0.3) is 5.91 Å². The number of aromatic amines is 1. The Hall–Kier alpha value is -2.50. The second-order valence-corrected chi connectivity index (χ2v) is 3.83. The average molecular weight is 261 g/mol. The van der Waals surface area contributed by atoms with Gasteiger partial charge in [0.1, 0.15) is 17.1 Å². The number of methoxy groups -OCH3 is 2. The van der Waals surface area contributed by atoms with Crippen LogP contribution in [0.2, 0.25) is 0 Å². The number of rotatable bonds is 5. The summed E-state index contributed by atoms with van der Waals surface area (Å²) in [4.78, 5) is 12.2. The van der Waals surface area contributed by atoms with E-state index < -0.39 is 0 Å². The quantitative estimate of drug-likeness (QED) is 0.852. The fourth-order valence-corrected chi connectivity index (χ4v) is 1.72. The fourth-order valence-electron chi connectivity index (χ4n) is 1.72. The van der Waals surface area contributed by atoms with Crippen LogP contribution in [-0.4, -0.2) is 30.3 Å². The van der Waals surface area contributed by atoms with Gasteiger partial charge in [-0.05, 0) is 12.1 Å². The van der Waals surface area contributed by atoms with Crippen molar-refractivity contribution in [1.29, 1.82) is 0 Å². The Balaban J connectivity index is 2.18. The second kappa shape index (κ2) is 5.90. The predicted molar refractivity (Wildman–Crippen MR) is 69.3 cm³/mol. The Morgan fingerprint density at radius 2 is 2.00 bits per heavy atom. The molecule has 0 aliphatic heterocycles. The molecule has 0 saturated heterocycles. The number of H-pyrrole nitrogens is 1. The first-order chi connectivity index (χ1) is 9.26. The highest BCUT2D eigenvalue weighted by Gasteiger charge is 2.17. The van der Waals surface area contributed by atoms with Gasteiger partial charge in [0, 0.05) is 18.3 Å². The lowest BCUT2D eigenvalue weighted by Gasteiger charge is -2.12. The molecule has 2 aromatic rings. The molecule has 6 nitrogen and oxygen atoms in total. The standard InChI is InChI=1S/C13H15N3O3/c1-18-10-4-3-5-11(19-2)12(10)13(17)14-6-9-7-15-16-8-9/h3-5,7-8H,6H2,1-2H3,(H,14,17)(H,15,16). The van der Waals surface area contributed by atoms with Crippen molar-refractivity contribution in [1.82, 2.24) is 15.5 Å². The van der Waals surface area contributed by atoms with Gasteiger partial charge < -0.3 is 14.8 Å². The molecule has 1 amide bonds. The Kier molecular flexibility index (Phi) is 4.02. The van der Waals surface area contributed by atoms with Crippen LogP contribution in [-0.2, 0) is 6.54 Å². The van der Waals surface area contributed by atoms with Crippen molar-refractivity contribution >= 4 is 5.91 Å². The minimum atomic E-state index is -0.254. The molecule has 0 aliphatic carbocycles. The van der Waals surface area contributed by atoms with Gasteiger partial charge in [-0.2, -0.15) is 5.10 Å². The third-order valence-corrected chi connectivity index (χ3v) is 2.66. The van der Waals surface area contributed by atoms with Gasteiger partial charge in [0.2, 0.25) is 0 Å². The topological polar surface area (TPSA) is 76.2 Å². The largest absolute Gasteiger partial charge is 0.496 e. The number of nitrogens with one attached hydrogen (secondary N) is 2. The van der Waals surface area contributed by atoms with E-state index in [2.05, 4.69) is 15.5 Å². The first-order valence-electron chi connectivity index (χ1n) is 5.73. The molecule has 0 bridgehead atoms. The summed E-state index contributed by atoms with van der Waals surface area (Å²) >= 11 is 0. The van der Waals surface area contributed by atoms with Gasteiger partial charge in [-0.1, -0.05) is 6.07 Å². The van der Waals surface area contributed by atoms with Gasteiger partial charge in [-0.25, -0.2) is 0 Å². The van der Waals surface area contributed by atoms with Crippen molar-refractivity contribution in [2.24, 2.45) is 0 Å². The minimum absolute atomic E-state index is 0.254. The van der Waals surface area contributed by atoms with Crippen molar-refractivity contribution < 1.29 is 14.3 Å². The van der Waals surface area contributed by atoms with Crippen LogP contribution in [0.25, 0.3) is 0 Å². The van der Waals surface area contributed by atoms with E-state index in [0.717, 1.165) is 5.56 Å². The maximum Gasteiger partial charge on any atom is 0.259 e. The third kappa shape index (κ3) is 2.85. The summed E-state index contributed by atoms with van der Waals surface area (Å²) < 4.78 is 10.4. The highest BCUT2D eigenvalue weighted by Crippen LogP contribution is 2.27. The van der Waals surface area contributed by atoms with Crippen LogP contribution in [0.15, 0.2) is 30.6 Å². The van der Waals surface area contributed by atoms with Crippen LogP contribution < -0.4 is 14.8 Å². The van der Waals surface area contributed by atoms with Crippen molar-refractivity contribution in [3.63, 3.8) is 0 Å². The summed E-state index contributed by atoms with van der Waals surface area (Å²) in [5.41, 5.74) is 1.28. The lowest BCUT2D eigenvalue weighted by molar-refractivity contribution is 0.0944. The molecule has 100 valence electrons. The zero-order chi connectivity index (χ0) is 13.7. The van der Waals surface area contributed by atoms with E-state index in [9.17, 15) is 4.79 Å². The highest BCUT2D eigenvalue weighted by atomic mass is 16.5. The summed E-state index contributed by atoms with van der Waals surface area (Å²) in [5.74, 6) is 0.698. The number of nitrogens with zero attached hydrogens (tertiary/aromatic N) is 1. The minimum Gasteiger partial charge on any atom is -0.496 e. The molecule has 1 aromatic carbocycles. The molecular formula is C13H15N3O3. The van der Waals surface area contributed by atoms with Crippen molar-refractivity contribution in [2.45, 2.75) is 6.54 Å². The lowest BCUT2D eigenvalue weighted by Crippen LogP contribution is -2.23. The molecule has 0 fully saturated rings. The maximum absolute atomic E-state index is 12.2. The van der Waals surface area contributed by atoms with Crippen LogP contribution in [0.1, 0.15) is 15.9 Å². The highest BCUT2D eigenvalue weighted by molar-refractivity contribution is 5.99. The molecule has 0 radical (unpaired) electrons. The van der Waals surface area contributed by atoms with Gasteiger partial charge >= 0.3 is 0 Å². The molecule has 0 spiro atoms. The van der Waals surface area contributed by atoms with E-state index in [4.69, 9.17) is 9.47 Å². The summed E-state index contributed by atoms with van der Waals surface area (Å²) in [6.07, 6.45) is 3.37. The number of amides is 1. The molecule has 19 heavy (non-hydrogen) atoms. The van der Waals surface area contributed by atoms with Gasteiger partial charge in [0.15, 0.2) is 0 Å². The monoisotopic (exact) mass is 261 g/mol. The van der Waals surface area contributed by atoms with E-state index in [1.165, 1.54) is 14.2 Å². The first-order valence-corrected chi connectivity index (χ1v) is 5.73. The molecule has 2 rings (SSSR count). The van der Waals surface area contributed by atoms with Gasteiger partial charge in [0.05, 0.1) is 20.4 Å². The molecular weight excluding hydrogens is 246 g/mol. The number of carbonyl (C=O) groups excluding carboxylic acids is 1. The number of hydrogen-bond donors (Lipinski definition) is 2. The van der Waals surface area contributed by atoms with Crippen molar-refractivity contribution in [3.05, 3.63) is 41.7 Å². The van der Waals surface area contributed by atoms with Crippen LogP contribution in [0.4, 0.5) is 0 Å². The van der Waals surface area contributed by atoms with Crippen molar-refractivity contribution in [3.8, 4) is 11.5 Å². The molecule has 1 heterocycles. The summed E-state index contributed by atoms with van der Waals surface area (Å²) in [5, 5.41) is 9.29. The molecule has 1 aromatic heterocycles. The fraction of sp³-hybridized carbons (Fsp3) is 0.231. The Bertz CT molecular complexity index is 530. The van der Waals surface area contributed by atoms with E-state index in [0.29, 0.717) is 23.6 Å². The molecule has 6 heteroatoms. The number of benzene rings is 1. The van der Waals surface area contributed by atoms with Crippen LogP contribution in [0, 0.1) is 0 Å². The second-order valence-electron chi connectivity index (χ2n) is 3.83. The lowest BCUT2D eigenvalue weighted by atomic mass is 10.1. The number of aromatic nitrogens is 2. The Morgan fingerprint density at radius 3 is 2.53 bits per heavy atom. The normalized spacial score (nSPS) is 10.0. The average Bonchev–Trinajstić information content (AvgIpc) is 2.97. The molecule has 0 saturated carbocycles. The third-order valence-electron chi connectivity index (χ3n) is 2.66. The molecule has 2 N–H and O–H groups in total. The summed E-state index contributed by atoms with van der Waals surface area (Å²) in [7, 11) is 3.03. The number of ether oxygens (including phenoxy) is 2. The summed E-state index contributed by atoms with van der Waals surface area (Å²) in [6.45, 7) is 0.385. The van der Waals surface area contributed by atoms with E-state index in [-0.39, 0.29) is 5.91 Å². The van der Waals surface area contributed by atoms with Crippen molar-refractivity contribution in [2.75, 3.05) is 14.2 Å². The Labute approximate surface area is 110 Å². The predicted octanol–water partition coefficient (Wildman–Crippen LogP) is 1.36. The van der Waals surface area contributed by atoms with Crippen LogP contribution in [0.5, 0.6) is 11.5 Å². The van der Waals surface area contributed by atoms with Crippen LogP contribution >= 0.6 is 0 Å². The van der Waals surface area contributed by atoms with E-state index >= 15 is 0 Å². The van der Waals surface area contributed by atoms with Crippen LogP contribution in [0.3, 0.4) is 0 Å². The number of carbonyl (C=O) groups is 1. The van der Waals surface area contributed by atoms with Gasteiger partial charge in [-0.15, -0.1) is 0 Å². The molecule has 0 atom stereocenters. The zero-order valence-corrected chi connectivity index (χ0v) is 10.8. The number of hydrogen-bond acceptors (Lipinski definition) is 4. The molecule has 0 unspecified atom stereocenters. The smallest absolute Gasteiger partial charge is 0.259 e. The maximum atomic E-state index is 12.2. The SMILES string of the molecule is COc1cccc(OC)c1C(=O)NCc1cn[nH]c1. The van der Waals surface area contributed by atoms with E-state index in [1.54, 1.807) is 30.6 Å². The zero-order valence-electron chi connectivity index (χ0n) is 10.8. The van der Waals surface area contributed by atoms with E-state index in [1.807, 2.05) is 0 Å².